The maximum absolute atomic E-state index is 2.68. The van der Waals surface area contributed by atoms with E-state index in [4.69, 9.17) is 0 Å². The first-order chi connectivity index (χ1) is 6.88. The van der Waals surface area contributed by atoms with Crippen molar-refractivity contribution in [2.45, 2.75) is 65.2 Å². The minimum atomic E-state index is 1.31. The summed E-state index contributed by atoms with van der Waals surface area (Å²) >= 11 is 0. The van der Waals surface area contributed by atoms with E-state index in [2.05, 4.69) is 18.7 Å². The minimum absolute atomic E-state index is 1.31. The molecule has 1 rings (SSSR count). The second kappa shape index (κ2) is 7.28. The van der Waals surface area contributed by atoms with E-state index in [9.17, 15) is 0 Å². The van der Waals surface area contributed by atoms with Crippen LogP contribution in [-0.4, -0.2) is 18.0 Å². The highest BCUT2D eigenvalue weighted by Crippen LogP contribution is 2.30. The maximum atomic E-state index is 2.68. The Hall–Kier alpha value is -0.0400. The molecule has 0 aliphatic heterocycles. The number of rotatable bonds is 7. The van der Waals surface area contributed by atoms with Gasteiger partial charge in [0.05, 0.1) is 0 Å². The molecule has 1 heteroatoms. The van der Waals surface area contributed by atoms with Crippen molar-refractivity contribution in [3.63, 3.8) is 0 Å². The molecule has 1 nitrogen and oxygen atoms in total. The average molecular weight is 196 g/mol. The van der Waals surface area contributed by atoms with Gasteiger partial charge in [-0.25, -0.2) is 0 Å². The molecular formula is C13H26N. The third kappa shape index (κ3) is 4.00. The summed E-state index contributed by atoms with van der Waals surface area (Å²) in [7, 11) is 0. The quantitative estimate of drug-likeness (QED) is 0.595. The number of hydrogen-bond acceptors (Lipinski definition) is 1. The molecule has 0 saturated heterocycles. The molecule has 1 fully saturated rings. The zero-order chi connectivity index (χ0) is 10.2. The highest BCUT2D eigenvalue weighted by molar-refractivity contribution is 4.94. The monoisotopic (exact) mass is 196 g/mol. The fourth-order valence-electron chi connectivity index (χ4n) is 2.23. The van der Waals surface area contributed by atoms with Gasteiger partial charge >= 0.3 is 0 Å². The molecule has 1 saturated carbocycles. The van der Waals surface area contributed by atoms with Gasteiger partial charge in [-0.1, -0.05) is 39.5 Å². The van der Waals surface area contributed by atoms with Gasteiger partial charge in [0.15, 0.2) is 0 Å². The van der Waals surface area contributed by atoms with E-state index < -0.39 is 0 Å². The SMILES string of the molecule is CCCCN(CCCC)[C]1CCCC1. The van der Waals surface area contributed by atoms with Crippen LogP contribution in [0.1, 0.15) is 65.2 Å². The molecule has 0 bridgehead atoms. The zero-order valence-corrected chi connectivity index (χ0v) is 10.0. The molecule has 0 atom stereocenters. The summed E-state index contributed by atoms with van der Waals surface area (Å²) in [6.07, 6.45) is 11.0. The maximum Gasteiger partial charge on any atom is 0.0393 e. The first-order valence-electron chi connectivity index (χ1n) is 6.48. The fourth-order valence-corrected chi connectivity index (χ4v) is 2.23. The summed E-state index contributed by atoms with van der Waals surface area (Å²) in [6, 6.07) is 1.76. The van der Waals surface area contributed by atoms with Crippen LogP contribution in [0.2, 0.25) is 0 Å². The Labute approximate surface area is 89.9 Å². The van der Waals surface area contributed by atoms with Crippen LogP contribution < -0.4 is 0 Å². The summed E-state index contributed by atoms with van der Waals surface area (Å²) in [4.78, 5) is 2.68. The molecule has 0 aromatic carbocycles. The number of nitrogens with zero attached hydrogens (tertiary/aromatic N) is 1. The van der Waals surface area contributed by atoms with E-state index in [0.717, 1.165) is 0 Å². The Kier molecular flexibility index (Phi) is 6.25. The van der Waals surface area contributed by atoms with E-state index in [1.54, 1.807) is 6.04 Å². The van der Waals surface area contributed by atoms with Gasteiger partial charge < -0.3 is 0 Å². The number of unbranched alkanes of at least 4 members (excludes halogenated alkanes) is 2. The Bertz CT molecular complexity index is 119. The first kappa shape index (κ1) is 12.0. The highest BCUT2D eigenvalue weighted by atomic mass is 15.1. The van der Waals surface area contributed by atoms with Crippen LogP contribution >= 0.6 is 0 Å². The van der Waals surface area contributed by atoms with Crippen LogP contribution in [0.4, 0.5) is 0 Å². The predicted molar refractivity (Wildman–Crippen MR) is 63.1 cm³/mol. The van der Waals surface area contributed by atoms with Crippen molar-refractivity contribution in [1.29, 1.82) is 0 Å². The molecule has 0 unspecified atom stereocenters. The Morgan fingerprint density at radius 3 is 1.86 bits per heavy atom. The second-order valence-corrected chi connectivity index (χ2v) is 4.47. The largest absolute Gasteiger partial charge is 0.296 e. The molecule has 0 N–H and O–H groups in total. The molecule has 1 radical (unpaired) electrons. The van der Waals surface area contributed by atoms with Crippen molar-refractivity contribution in [3.05, 3.63) is 6.04 Å². The third-order valence-corrected chi connectivity index (χ3v) is 3.19. The van der Waals surface area contributed by atoms with E-state index in [1.807, 2.05) is 0 Å². The van der Waals surface area contributed by atoms with Crippen molar-refractivity contribution < 1.29 is 0 Å². The summed E-state index contributed by atoms with van der Waals surface area (Å²) in [5, 5.41) is 0. The minimum Gasteiger partial charge on any atom is -0.296 e. The summed E-state index contributed by atoms with van der Waals surface area (Å²) < 4.78 is 0. The van der Waals surface area contributed by atoms with E-state index in [0.29, 0.717) is 0 Å². The standard InChI is InChI=1S/C13H26N/c1-3-5-11-14(12-6-4-2)13-9-7-8-10-13/h3-12H2,1-2H3. The topological polar surface area (TPSA) is 3.24 Å². The summed E-state index contributed by atoms with van der Waals surface area (Å²) in [5.41, 5.74) is 0. The lowest BCUT2D eigenvalue weighted by molar-refractivity contribution is 0.267. The molecule has 0 aromatic heterocycles. The lowest BCUT2D eigenvalue weighted by Gasteiger charge is -2.27. The van der Waals surface area contributed by atoms with Crippen LogP contribution in [0.15, 0.2) is 0 Å². The second-order valence-electron chi connectivity index (χ2n) is 4.47. The summed E-state index contributed by atoms with van der Waals surface area (Å²) in [6.45, 7) is 7.20. The predicted octanol–water partition coefficient (Wildman–Crippen LogP) is 3.99. The Balaban J connectivity index is 2.26. The first-order valence-corrected chi connectivity index (χ1v) is 6.48. The smallest absolute Gasteiger partial charge is 0.0393 e. The van der Waals surface area contributed by atoms with Gasteiger partial charge in [0, 0.05) is 6.04 Å². The van der Waals surface area contributed by atoms with Gasteiger partial charge in [0.2, 0.25) is 0 Å². The fraction of sp³-hybridized carbons (Fsp3) is 0.923. The molecule has 1 aliphatic rings. The van der Waals surface area contributed by atoms with E-state index in [1.165, 1.54) is 64.5 Å². The van der Waals surface area contributed by atoms with Crippen molar-refractivity contribution >= 4 is 0 Å². The van der Waals surface area contributed by atoms with Gasteiger partial charge in [0.25, 0.3) is 0 Å². The van der Waals surface area contributed by atoms with Crippen LogP contribution in [0.3, 0.4) is 0 Å². The molecule has 0 heterocycles. The van der Waals surface area contributed by atoms with Crippen LogP contribution in [0.25, 0.3) is 0 Å². The van der Waals surface area contributed by atoms with E-state index in [-0.39, 0.29) is 0 Å². The van der Waals surface area contributed by atoms with Gasteiger partial charge in [-0.2, -0.15) is 0 Å². The molecular weight excluding hydrogens is 170 g/mol. The highest BCUT2D eigenvalue weighted by Gasteiger charge is 2.22. The number of hydrogen-bond donors (Lipinski definition) is 0. The molecule has 1 aliphatic carbocycles. The van der Waals surface area contributed by atoms with Crippen LogP contribution in [0.5, 0.6) is 0 Å². The van der Waals surface area contributed by atoms with Crippen molar-refractivity contribution in [2.75, 3.05) is 13.1 Å². The van der Waals surface area contributed by atoms with Gasteiger partial charge in [-0.3, -0.25) is 4.90 Å². The normalized spacial score (nSPS) is 18.2. The Morgan fingerprint density at radius 1 is 0.929 bits per heavy atom. The Morgan fingerprint density at radius 2 is 1.43 bits per heavy atom. The van der Waals surface area contributed by atoms with Crippen molar-refractivity contribution in [2.24, 2.45) is 0 Å². The van der Waals surface area contributed by atoms with Gasteiger partial charge in [-0.05, 0) is 38.8 Å². The third-order valence-electron chi connectivity index (χ3n) is 3.19. The molecule has 0 amide bonds. The van der Waals surface area contributed by atoms with Gasteiger partial charge in [-0.15, -0.1) is 0 Å². The van der Waals surface area contributed by atoms with Crippen molar-refractivity contribution in [3.8, 4) is 0 Å². The lowest BCUT2D eigenvalue weighted by Crippen LogP contribution is -2.29. The van der Waals surface area contributed by atoms with Gasteiger partial charge in [0.1, 0.15) is 0 Å². The summed E-state index contributed by atoms with van der Waals surface area (Å²) in [5.74, 6) is 0. The molecule has 14 heavy (non-hydrogen) atoms. The average Bonchev–Trinajstić information content (AvgIpc) is 2.71. The lowest BCUT2D eigenvalue weighted by atomic mass is 10.1. The molecule has 0 spiro atoms. The molecule has 0 aromatic rings. The molecule has 83 valence electrons. The van der Waals surface area contributed by atoms with E-state index >= 15 is 0 Å². The van der Waals surface area contributed by atoms with Crippen LogP contribution in [-0.2, 0) is 0 Å². The van der Waals surface area contributed by atoms with Crippen molar-refractivity contribution in [1.82, 2.24) is 4.90 Å². The van der Waals surface area contributed by atoms with Crippen LogP contribution in [0, 0.1) is 6.04 Å². The zero-order valence-electron chi connectivity index (χ0n) is 10.0.